The van der Waals surface area contributed by atoms with Crippen molar-refractivity contribution in [3.63, 3.8) is 0 Å². The second-order valence-corrected chi connectivity index (χ2v) is 12.1. The average molecular weight is 501 g/mol. The Morgan fingerprint density at radius 3 is 2.77 bits per heavy atom. The van der Waals surface area contributed by atoms with Crippen LogP contribution in [0.1, 0.15) is 65.7 Å². The van der Waals surface area contributed by atoms with Crippen LogP contribution in [0.2, 0.25) is 0 Å². The number of unbranched alkanes of at least 4 members (excludes halogenated alkanes) is 1. The highest BCUT2D eigenvalue weighted by Crippen LogP contribution is 2.66. The van der Waals surface area contributed by atoms with Crippen molar-refractivity contribution < 1.29 is 19.4 Å². The minimum Gasteiger partial charge on any atom is -0.461 e. The normalized spacial score (nSPS) is 38.0. The molecule has 3 fully saturated rings. The molecule has 1 aromatic rings. The summed E-state index contributed by atoms with van der Waals surface area (Å²) in [6.07, 6.45) is 9.79. The summed E-state index contributed by atoms with van der Waals surface area (Å²) in [4.78, 5) is 31.6. The predicted molar refractivity (Wildman–Crippen MR) is 138 cm³/mol. The van der Waals surface area contributed by atoms with E-state index in [4.69, 9.17) is 10.5 Å². The molecule has 0 saturated heterocycles. The SMILES string of the molecule is C[C@@H]1CC[C@@]23CCC(=O)[C@H]2[C@]1(C)[C@@H](OC(=O)CSc1ccncc1)C/C(=C/CCCN)[C@@H](O)[C@@H]3C. The lowest BCUT2D eigenvalue weighted by molar-refractivity contribution is -0.186. The molecule has 2 bridgehead atoms. The van der Waals surface area contributed by atoms with Gasteiger partial charge in [-0.05, 0) is 73.6 Å². The summed E-state index contributed by atoms with van der Waals surface area (Å²) in [5.41, 5.74) is 5.95. The van der Waals surface area contributed by atoms with Gasteiger partial charge in [0.15, 0.2) is 0 Å². The number of carbonyl (C=O) groups is 2. The Balaban J connectivity index is 1.68. The minimum absolute atomic E-state index is 0.0196. The zero-order valence-electron chi connectivity index (χ0n) is 21.2. The minimum atomic E-state index is -0.647. The highest BCUT2D eigenvalue weighted by molar-refractivity contribution is 8.00. The number of ether oxygens (including phenoxy) is 1. The van der Waals surface area contributed by atoms with Crippen LogP contribution >= 0.6 is 11.8 Å². The molecule has 3 aliphatic carbocycles. The fourth-order valence-corrected chi connectivity index (χ4v) is 7.91. The first kappa shape index (κ1) is 26.4. The van der Waals surface area contributed by atoms with E-state index in [2.05, 4.69) is 31.8 Å². The van der Waals surface area contributed by atoms with Gasteiger partial charge in [0.2, 0.25) is 0 Å². The highest BCUT2D eigenvalue weighted by Gasteiger charge is 2.66. The largest absolute Gasteiger partial charge is 0.461 e. The molecule has 0 aromatic carbocycles. The Kier molecular flexibility index (Phi) is 8.08. The maximum atomic E-state index is 13.5. The third-order valence-corrected chi connectivity index (χ3v) is 10.4. The maximum Gasteiger partial charge on any atom is 0.316 e. The van der Waals surface area contributed by atoms with E-state index in [1.807, 2.05) is 12.1 Å². The lowest BCUT2D eigenvalue weighted by Gasteiger charge is -2.59. The van der Waals surface area contributed by atoms with Crippen molar-refractivity contribution in [2.24, 2.45) is 34.3 Å². The first-order chi connectivity index (χ1) is 16.7. The number of nitrogens with two attached hydrogens (primary N) is 1. The topological polar surface area (TPSA) is 103 Å². The first-order valence-corrected chi connectivity index (χ1v) is 14.0. The van der Waals surface area contributed by atoms with E-state index in [0.29, 0.717) is 19.4 Å². The molecule has 0 unspecified atom stereocenters. The quantitative estimate of drug-likeness (QED) is 0.245. The van der Waals surface area contributed by atoms with Gasteiger partial charge in [0.05, 0.1) is 11.9 Å². The Hall–Kier alpha value is -1.70. The van der Waals surface area contributed by atoms with Crippen molar-refractivity contribution in [1.82, 2.24) is 4.98 Å². The molecule has 3 saturated carbocycles. The van der Waals surface area contributed by atoms with Crippen molar-refractivity contribution in [2.45, 2.75) is 82.8 Å². The van der Waals surface area contributed by atoms with Crippen LogP contribution < -0.4 is 5.73 Å². The fourth-order valence-electron chi connectivity index (χ4n) is 7.24. The summed E-state index contributed by atoms with van der Waals surface area (Å²) in [5, 5.41) is 11.6. The van der Waals surface area contributed by atoms with Crippen LogP contribution in [-0.2, 0) is 14.3 Å². The lowest BCUT2D eigenvalue weighted by Crippen LogP contribution is -2.60. The van der Waals surface area contributed by atoms with E-state index >= 15 is 0 Å². The number of thioether (sulfide) groups is 1. The molecule has 7 atom stereocenters. The van der Waals surface area contributed by atoms with E-state index in [1.54, 1.807) is 12.4 Å². The van der Waals surface area contributed by atoms with E-state index in [9.17, 15) is 14.7 Å². The number of rotatable bonds is 7. The fraction of sp³-hybridized carbons (Fsp3) is 0.679. The van der Waals surface area contributed by atoms with Gasteiger partial charge in [-0.2, -0.15) is 0 Å². The van der Waals surface area contributed by atoms with Crippen LogP contribution in [0.5, 0.6) is 0 Å². The Morgan fingerprint density at radius 1 is 1.31 bits per heavy atom. The van der Waals surface area contributed by atoms with Gasteiger partial charge >= 0.3 is 5.97 Å². The summed E-state index contributed by atoms with van der Waals surface area (Å²) in [6.45, 7) is 7.11. The highest BCUT2D eigenvalue weighted by atomic mass is 32.2. The van der Waals surface area contributed by atoms with E-state index in [0.717, 1.165) is 42.6 Å². The van der Waals surface area contributed by atoms with Crippen molar-refractivity contribution in [2.75, 3.05) is 12.3 Å². The van der Waals surface area contributed by atoms with Gasteiger partial charge in [0.1, 0.15) is 11.9 Å². The molecule has 0 radical (unpaired) electrons. The smallest absolute Gasteiger partial charge is 0.316 e. The van der Waals surface area contributed by atoms with Crippen LogP contribution in [0.3, 0.4) is 0 Å². The molecule has 1 heterocycles. The van der Waals surface area contributed by atoms with Crippen LogP contribution in [0, 0.1) is 28.6 Å². The lowest BCUT2D eigenvalue weighted by atomic mass is 9.45. The zero-order chi connectivity index (χ0) is 25.2. The van der Waals surface area contributed by atoms with Gasteiger partial charge in [0.25, 0.3) is 0 Å². The van der Waals surface area contributed by atoms with Gasteiger partial charge in [-0.1, -0.05) is 26.8 Å². The molecular weight excluding hydrogens is 460 g/mol. The maximum absolute atomic E-state index is 13.5. The monoisotopic (exact) mass is 500 g/mol. The third-order valence-electron chi connectivity index (χ3n) is 9.43. The van der Waals surface area contributed by atoms with Crippen molar-refractivity contribution >= 4 is 23.5 Å². The molecule has 3 aliphatic rings. The first-order valence-electron chi connectivity index (χ1n) is 13.1. The summed E-state index contributed by atoms with van der Waals surface area (Å²) in [7, 11) is 0. The second kappa shape index (κ2) is 10.7. The Labute approximate surface area is 213 Å². The van der Waals surface area contributed by atoms with Gasteiger partial charge in [-0.25, -0.2) is 0 Å². The van der Waals surface area contributed by atoms with E-state index in [1.165, 1.54) is 11.8 Å². The number of Topliss-reactive ketones (excluding diaryl/α,β-unsaturated/α-hetero) is 1. The van der Waals surface area contributed by atoms with E-state index in [-0.39, 0.29) is 40.7 Å². The molecule has 3 N–H and O–H groups in total. The van der Waals surface area contributed by atoms with Crippen molar-refractivity contribution in [3.05, 3.63) is 36.2 Å². The van der Waals surface area contributed by atoms with Crippen LogP contribution in [-0.4, -0.2) is 46.3 Å². The standard InChI is InChI=1S/C28H40N2O4S/c1-18-7-11-28-12-8-22(31)26(28)27(18,3)23(16-20(6-4-5-13-29)25(33)19(28)2)34-24(32)17-35-21-9-14-30-15-10-21/h6,9-10,14-15,18-19,23,25-26,33H,4-5,7-8,11-13,16-17,29H2,1-3H3/b20-6-/t18-,19+,23+,25+,26+,27+,28+/m1/s1. The molecule has 35 heavy (non-hydrogen) atoms. The van der Waals surface area contributed by atoms with Gasteiger partial charge in [0, 0.05) is 41.5 Å². The van der Waals surface area contributed by atoms with Crippen molar-refractivity contribution in [3.8, 4) is 0 Å². The number of aromatic nitrogens is 1. The molecule has 0 amide bonds. The number of esters is 1. The number of aliphatic hydroxyl groups excluding tert-OH is 1. The summed E-state index contributed by atoms with van der Waals surface area (Å²) in [5.74, 6) is 0.214. The summed E-state index contributed by atoms with van der Waals surface area (Å²) >= 11 is 1.43. The third kappa shape index (κ3) is 4.84. The summed E-state index contributed by atoms with van der Waals surface area (Å²) in [6, 6.07) is 3.75. The van der Waals surface area contributed by atoms with Crippen LogP contribution in [0.15, 0.2) is 41.1 Å². The molecule has 6 nitrogen and oxygen atoms in total. The van der Waals surface area contributed by atoms with Crippen molar-refractivity contribution in [1.29, 1.82) is 0 Å². The van der Waals surface area contributed by atoms with Crippen LogP contribution in [0.25, 0.3) is 0 Å². The Bertz CT molecular complexity index is 954. The summed E-state index contributed by atoms with van der Waals surface area (Å²) < 4.78 is 6.28. The number of ketones is 1. The zero-order valence-corrected chi connectivity index (χ0v) is 22.1. The number of allylic oxidation sites excluding steroid dienone is 1. The Morgan fingerprint density at radius 2 is 2.06 bits per heavy atom. The number of hydrogen-bond donors (Lipinski definition) is 2. The molecule has 192 valence electrons. The predicted octanol–water partition coefficient (Wildman–Crippen LogP) is 4.55. The molecule has 0 spiro atoms. The van der Waals surface area contributed by atoms with E-state index < -0.39 is 17.6 Å². The average Bonchev–Trinajstić information content (AvgIpc) is 3.21. The second-order valence-electron chi connectivity index (χ2n) is 11.0. The molecule has 7 heteroatoms. The molecular formula is C28H40N2O4S. The van der Waals surface area contributed by atoms with Gasteiger partial charge in [-0.3, -0.25) is 14.6 Å². The van der Waals surface area contributed by atoms with Gasteiger partial charge < -0.3 is 15.6 Å². The number of nitrogens with zero attached hydrogens (tertiary/aromatic N) is 1. The number of pyridine rings is 1. The molecule has 0 aliphatic heterocycles. The molecule has 4 rings (SSSR count). The van der Waals surface area contributed by atoms with Gasteiger partial charge in [-0.15, -0.1) is 11.8 Å². The number of carbonyl (C=O) groups excluding carboxylic acids is 2. The number of hydrogen-bond acceptors (Lipinski definition) is 7. The molecule has 1 aromatic heterocycles. The number of aliphatic hydroxyl groups is 1. The van der Waals surface area contributed by atoms with Crippen LogP contribution in [0.4, 0.5) is 0 Å².